The Morgan fingerprint density at radius 1 is 1.04 bits per heavy atom. The van der Waals surface area contributed by atoms with Gasteiger partial charge in [0.2, 0.25) is 0 Å². The third kappa shape index (κ3) is 5.22. The summed E-state index contributed by atoms with van der Waals surface area (Å²) < 4.78 is 5.36. The van der Waals surface area contributed by atoms with Crippen LogP contribution in [0.2, 0.25) is 0 Å². The van der Waals surface area contributed by atoms with Crippen LogP contribution in [0.25, 0.3) is 0 Å². The van der Waals surface area contributed by atoms with Gasteiger partial charge in [0.15, 0.2) is 0 Å². The van der Waals surface area contributed by atoms with Gasteiger partial charge in [-0.1, -0.05) is 24.3 Å². The van der Waals surface area contributed by atoms with Gasteiger partial charge < -0.3 is 14.9 Å². The van der Waals surface area contributed by atoms with E-state index in [0.29, 0.717) is 11.8 Å². The number of aliphatic hydroxyl groups excluding tert-OH is 1. The molecular formula is C22H30N2O3. The molecule has 0 radical (unpaired) electrons. The number of nitrogens with zero attached hydrogens (tertiary/aromatic N) is 2. The summed E-state index contributed by atoms with van der Waals surface area (Å²) >= 11 is 0. The van der Waals surface area contributed by atoms with Gasteiger partial charge in [0.25, 0.3) is 0 Å². The molecule has 1 heterocycles. The number of hydrogen-bond acceptors (Lipinski definition) is 5. The summed E-state index contributed by atoms with van der Waals surface area (Å²) in [5, 5.41) is 19.0. The van der Waals surface area contributed by atoms with Crippen LogP contribution < -0.4 is 4.74 Å². The molecule has 0 aromatic heterocycles. The fourth-order valence-electron chi connectivity index (χ4n) is 3.86. The molecule has 1 fully saturated rings. The lowest BCUT2D eigenvalue weighted by atomic mass is 10.0. The second-order valence-electron chi connectivity index (χ2n) is 7.34. The average molecular weight is 370 g/mol. The Labute approximate surface area is 161 Å². The first-order valence-electron chi connectivity index (χ1n) is 9.57. The fraction of sp³-hybridized carbons (Fsp3) is 0.455. The Kier molecular flexibility index (Phi) is 6.72. The molecular weight excluding hydrogens is 340 g/mol. The highest BCUT2D eigenvalue weighted by molar-refractivity contribution is 5.36. The zero-order chi connectivity index (χ0) is 19.2. The molecule has 0 amide bonds. The van der Waals surface area contributed by atoms with Crippen molar-refractivity contribution in [2.75, 3.05) is 33.4 Å². The summed E-state index contributed by atoms with van der Waals surface area (Å²) in [6.07, 6.45) is 0.779. The molecule has 3 rings (SSSR count). The number of phenolic OH excluding ortho intramolecular Hbond substituents is 1. The number of rotatable bonds is 7. The molecule has 5 nitrogen and oxygen atoms in total. The largest absolute Gasteiger partial charge is 0.508 e. The lowest BCUT2D eigenvalue weighted by Gasteiger charge is -2.41. The van der Waals surface area contributed by atoms with Crippen LogP contribution in [0.15, 0.2) is 42.5 Å². The number of aryl methyl sites for hydroxylation is 1. The molecule has 146 valence electrons. The number of aliphatic hydroxyl groups is 1. The van der Waals surface area contributed by atoms with E-state index < -0.39 is 0 Å². The number of hydrogen-bond donors (Lipinski definition) is 2. The van der Waals surface area contributed by atoms with Crippen LogP contribution >= 0.6 is 0 Å². The van der Waals surface area contributed by atoms with Gasteiger partial charge in [-0.2, -0.15) is 0 Å². The molecule has 2 aromatic carbocycles. The smallest absolute Gasteiger partial charge is 0.121 e. The van der Waals surface area contributed by atoms with E-state index in [1.165, 1.54) is 11.1 Å². The van der Waals surface area contributed by atoms with Gasteiger partial charge in [0.1, 0.15) is 11.5 Å². The normalized spacial score (nSPS) is 18.6. The first kappa shape index (κ1) is 19.7. The van der Waals surface area contributed by atoms with Gasteiger partial charge >= 0.3 is 0 Å². The highest BCUT2D eigenvalue weighted by Gasteiger charge is 2.26. The maximum atomic E-state index is 9.53. The Morgan fingerprint density at radius 3 is 2.44 bits per heavy atom. The predicted molar refractivity (Wildman–Crippen MR) is 107 cm³/mol. The van der Waals surface area contributed by atoms with Gasteiger partial charge in [-0.25, -0.2) is 0 Å². The lowest BCUT2D eigenvalue weighted by Crippen LogP contribution is -2.52. The van der Waals surface area contributed by atoms with Gasteiger partial charge in [0.05, 0.1) is 7.11 Å². The highest BCUT2D eigenvalue weighted by atomic mass is 16.5. The van der Waals surface area contributed by atoms with Gasteiger partial charge in [-0.15, -0.1) is 0 Å². The van der Waals surface area contributed by atoms with E-state index in [0.717, 1.165) is 50.5 Å². The van der Waals surface area contributed by atoms with E-state index in [2.05, 4.69) is 28.9 Å². The second-order valence-corrected chi connectivity index (χ2v) is 7.34. The molecule has 0 unspecified atom stereocenters. The molecule has 2 aromatic rings. The molecule has 1 atom stereocenters. The van der Waals surface area contributed by atoms with E-state index in [1.54, 1.807) is 19.2 Å². The van der Waals surface area contributed by atoms with Crippen LogP contribution in [0.4, 0.5) is 0 Å². The van der Waals surface area contributed by atoms with Crippen molar-refractivity contribution in [3.63, 3.8) is 0 Å². The maximum Gasteiger partial charge on any atom is 0.121 e. The van der Waals surface area contributed by atoms with Gasteiger partial charge in [0, 0.05) is 45.4 Å². The van der Waals surface area contributed by atoms with Crippen LogP contribution in [0.3, 0.4) is 0 Å². The zero-order valence-electron chi connectivity index (χ0n) is 16.3. The summed E-state index contributed by atoms with van der Waals surface area (Å²) in [4.78, 5) is 4.91. The summed E-state index contributed by atoms with van der Waals surface area (Å²) in [6, 6.07) is 14.1. The van der Waals surface area contributed by atoms with Crippen LogP contribution in [0.1, 0.15) is 23.1 Å². The monoisotopic (exact) mass is 370 g/mol. The minimum Gasteiger partial charge on any atom is -0.508 e. The van der Waals surface area contributed by atoms with E-state index in [9.17, 15) is 10.2 Å². The molecule has 0 bridgehead atoms. The van der Waals surface area contributed by atoms with Gasteiger partial charge in [-0.05, 0) is 48.2 Å². The van der Waals surface area contributed by atoms with Crippen molar-refractivity contribution in [1.82, 2.24) is 9.80 Å². The molecule has 0 spiro atoms. The Hall–Kier alpha value is -2.08. The highest BCUT2D eigenvalue weighted by Crippen LogP contribution is 2.23. The van der Waals surface area contributed by atoms with Crippen molar-refractivity contribution in [1.29, 1.82) is 0 Å². The zero-order valence-corrected chi connectivity index (χ0v) is 16.3. The van der Waals surface area contributed by atoms with Crippen molar-refractivity contribution >= 4 is 0 Å². The number of aromatic hydroxyl groups is 1. The SMILES string of the molecule is COc1ccc(CN2CCN(Cc3ccc(O)cc3)C[C@@H]2CCO)cc1C. The molecule has 2 N–H and O–H groups in total. The third-order valence-electron chi connectivity index (χ3n) is 5.34. The Balaban J connectivity index is 1.63. The molecule has 27 heavy (non-hydrogen) atoms. The number of ether oxygens (including phenoxy) is 1. The van der Waals surface area contributed by atoms with Crippen LogP contribution in [0, 0.1) is 6.92 Å². The summed E-state index contributed by atoms with van der Waals surface area (Å²) in [7, 11) is 1.70. The standard InChI is InChI=1S/C22H30N2O3/c1-17-13-19(5-8-22(17)27-2)15-24-11-10-23(16-20(24)9-12-25)14-18-3-6-21(26)7-4-18/h3-8,13,20,25-26H,9-12,14-16H2,1-2H3/t20-/m0/s1. The van der Waals surface area contributed by atoms with E-state index >= 15 is 0 Å². The molecule has 1 aliphatic rings. The Morgan fingerprint density at radius 2 is 1.78 bits per heavy atom. The number of piperazine rings is 1. The summed E-state index contributed by atoms with van der Waals surface area (Å²) in [5.74, 6) is 1.22. The minimum atomic E-state index is 0.204. The van der Waals surface area contributed by atoms with Crippen molar-refractivity contribution in [3.8, 4) is 11.5 Å². The maximum absolute atomic E-state index is 9.53. The second kappa shape index (κ2) is 9.22. The molecule has 0 saturated carbocycles. The fourth-order valence-corrected chi connectivity index (χ4v) is 3.86. The van der Waals surface area contributed by atoms with Crippen molar-refractivity contribution in [2.24, 2.45) is 0 Å². The summed E-state index contributed by atoms with van der Waals surface area (Å²) in [5.41, 5.74) is 3.64. The van der Waals surface area contributed by atoms with Gasteiger partial charge in [-0.3, -0.25) is 9.80 Å². The third-order valence-corrected chi connectivity index (χ3v) is 5.34. The quantitative estimate of drug-likeness (QED) is 0.785. The number of phenols is 1. The first-order valence-corrected chi connectivity index (χ1v) is 9.57. The van der Waals surface area contributed by atoms with Crippen LogP contribution in [0.5, 0.6) is 11.5 Å². The molecule has 1 aliphatic heterocycles. The van der Waals surface area contributed by atoms with E-state index in [1.807, 2.05) is 18.2 Å². The number of methoxy groups -OCH3 is 1. The Bertz CT molecular complexity index is 733. The molecule has 0 aliphatic carbocycles. The van der Waals surface area contributed by atoms with Crippen LogP contribution in [-0.2, 0) is 13.1 Å². The van der Waals surface area contributed by atoms with Crippen molar-refractivity contribution in [2.45, 2.75) is 32.5 Å². The van der Waals surface area contributed by atoms with Crippen molar-refractivity contribution < 1.29 is 14.9 Å². The average Bonchev–Trinajstić information content (AvgIpc) is 2.66. The molecule has 1 saturated heterocycles. The number of benzene rings is 2. The molecule has 5 heteroatoms. The lowest BCUT2D eigenvalue weighted by molar-refractivity contribution is 0.0499. The topological polar surface area (TPSA) is 56.2 Å². The van der Waals surface area contributed by atoms with Crippen molar-refractivity contribution in [3.05, 3.63) is 59.2 Å². The van der Waals surface area contributed by atoms with E-state index in [-0.39, 0.29) is 6.61 Å². The van der Waals surface area contributed by atoms with Crippen LogP contribution in [-0.4, -0.2) is 59.4 Å². The van der Waals surface area contributed by atoms with E-state index in [4.69, 9.17) is 4.74 Å². The predicted octanol–water partition coefficient (Wildman–Crippen LogP) is 2.78. The first-order chi connectivity index (χ1) is 13.1. The minimum absolute atomic E-state index is 0.204. The summed E-state index contributed by atoms with van der Waals surface area (Å²) in [6.45, 7) is 6.96.